The van der Waals surface area contributed by atoms with E-state index in [2.05, 4.69) is 5.16 Å². The molecule has 0 aromatic rings. The zero-order valence-corrected chi connectivity index (χ0v) is 10.2. The van der Waals surface area contributed by atoms with Crippen molar-refractivity contribution in [1.82, 2.24) is 0 Å². The third-order valence-electron chi connectivity index (χ3n) is 1.56. The van der Waals surface area contributed by atoms with Crippen molar-refractivity contribution in [3.8, 4) is 0 Å². The van der Waals surface area contributed by atoms with Crippen LogP contribution in [0.4, 0.5) is 0 Å². The van der Waals surface area contributed by atoms with Crippen molar-refractivity contribution in [1.29, 1.82) is 0 Å². The summed E-state index contributed by atoms with van der Waals surface area (Å²) in [5, 5.41) is 12.4. The maximum Gasteiger partial charge on any atom is 0.222 e. The fourth-order valence-corrected chi connectivity index (χ4v) is 0.838. The van der Waals surface area contributed by atoms with E-state index in [9.17, 15) is 0 Å². The zero-order chi connectivity index (χ0) is 11.7. The van der Waals surface area contributed by atoms with E-state index in [0.29, 0.717) is 12.5 Å². The molecule has 0 rings (SSSR count). The minimum atomic E-state index is -0.276. The second-order valence-electron chi connectivity index (χ2n) is 4.45. The topological polar surface area (TPSA) is 51.0 Å². The summed E-state index contributed by atoms with van der Waals surface area (Å²) >= 11 is 0. The van der Waals surface area contributed by atoms with Crippen LogP contribution in [0.2, 0.25) is 0 Å². The molecule has 0 unspecified atom stereocenters. The lowest BCUT2D eigenvalue weighted by atomic mass is 10.2. The average molecular weight is 217 g/mol. The smallest absolute Gasteiger partial charge is 0.222 e. The van der Waals surface area contributed by atoms with Crippen LogP contribution in [0.25, 0.3) is 0 Å². The molecule has 0 atom stereocenters. The van der Waals surface area contributed by atoms with E-state index in [1.807, 2.05) is 20.8 Å². The molecule has 0 aliphatic carbocycles. The summed E-state index contributed by atoms with van der Waals surface area (Å²) in [6.07, 6.45) is 2.74. The molecule has 1 N–H and O–H groups in total. The van der Waals surface area contributed by atoms with Crippen LogP contribution in [0.5, 0.6) is 0 Å². The first-order chi connectivity index (χ1) is 6.95. The standard InChI is InChI=1S/C11H23NO3/c1-10(12-15-11(2,3)4)14-9-7-5-6-8-13/h13H,5-9H2,1-4H3. The second kappa shape index (κ2) is 7.51. The van der Waals surface area contributed by atoms with Crippen LogP contribution >= 0.6 is 0 Å². The molecule has 0 heterocycles. The van der Waals surface area contributed by atoms with Crippen LogP contribution in [0.3, 0.4) is 0 Å². The van der Waals surface area contributed by atoms with Gasteiger partial charge in [0.25, 0.3) is 0 Å². The molecule has 90 valence electrons. The third-order valence-corrected chi connectivity index (χ3v) is 1.56. The van der Waals surface area contributed by atoms with E-state index in [0.717, 1.165) is 19.3 Å². The molecule has 0 saturated heterocycles. The Morgan fingerprint density at radius 1 is 1.20 bits per heavy atom. The van der Waals surface area contributed by atoms with Gasteiger partial charge in [-0.2, -0.15) is 0 Å². The molecule has 0 aromatic carbocycles. The fourth-order valence-electron chi connectivity index (χ4n) is 0.838. The Bertz CT molecular complexity index is 185. The van der Waals surface area contributed by atoms with Gasteiger partial charge in [-0.1, -0.05) is 5.16 Å². The van der Waals surface area contributed by atoms with E-state index >= 15 is 0 Å². The summed E-state index contributed by atoms with van der Waals surface area (Å²) in [5.74, 6) is 0.550. The van der Waals surface area contributed by atoms with Gasteiger partial charge in [-0.05, 0) is 40.0 Å². The van der Waals surface area contributed by atoms with Crippen LogP contribution < -0.4 is 0 Å². The van der Waals surface area contributed by atoms with Crippen LogP contribution in [0, 0.1) is 0 Å². The predicted molar refractivity (Wildman–Crippen MR) is 60.8 cm³/mol. The summed E-state index contributed by atoms with van der Waals surface area (Å²) in [6.45, 7) is 8.46. The minimum absolute atomic E-state index is 0.250. The van der Waals surface area contributed by atoms with E-state index < -0.39 is 0 Å². The Hall–Kier alpha value is -0.770. The summed E-state index contributed by atoms with van der Waals surface area (Å²) in [6, 6.07) is 0. The lowest BCUT2D eigenvalue weighted by molar-refractivity contribution is -0.00396. The van der Waals surface area contributed by atoms with Gasteiger partial charge in [0.15, 0.2) is 0 Å². The molecule has 4 nitrogen and oxygen atoms in total. The number of nitrogens with zero attached hydrogens (tertiary/aromatic N) is 1. The highest BCUT2D eigenvalue weighted by Crippen LogP contribution is 2.07. The van der Waals surface area contributed by atoms with Gasteiger partial charge in [0, 0.05) is 13.5 Å². The molecule has 15 heavy (non-hydrogen) atoms. The maximum absolute atomic E-state index is 8.56. The predicted octanol–water partition coefficient (Wildman–Crippen LogP) is 2.31. The van der Waals surface area contributed by atoms with Gasteiger partial charge in [0.05, 0.1) is 6.61 Å². The van der Waals surface area contributed by atoms with E-state index in [1.54, 1.807) is 6.92 Å². The monoisotopic (exact) mass is 217 g/mol. The maximum atomic E-state index is 8.56. The quantitative estimate of drug-likeness (QED) is 0.321. The molecule has 0 spiro atoms. The van der Waals surface area contributed by atoms with E-state index in [1.165, 1.54) is 0 Å². The Morgan fingerprint density at radius 3 is 2.40 bits per heavy atom. The van der Waals surface area contributed by atoms with Gasteiger partial charge in [0.1, 0.15) is 5.60 Å². The number of oxime groups is 1. The van der Waals surface area contributed by atoms with Crippen LogP contribution in [-0.2, 0) is 9.57 Å². The average Bonchev–Trinajstić information content (AvgIpc) is 2.13. The van der Waals surface area contributed by atoms with Crippen molar-refractivity contribution in [2.45, 2.75) is 52.6 Å². The first kappa shape index (κ1) is 14.2. The molecule has 0 fully saturated rings. The first-order valence-electron chi connectivity index (χ1n) is 5.42. The minimum Gasteiger partial charge on any atom is -0.479 e. The largest absolute Gasteiger partial charge is 0.479 e. The molecular weight excluding hydrogens is 194 g/mol. The third kappa shape index (κ3) is 11.2. The van der Waals surface area contributed by atoms with Gasteiger partial charge in [-0.3, -0.25) is 0 Å². The number of unbranched alkanes of at least 4 members (excludes halogenated alkanes) is 2. The van der Waals surface area contributed by atoms with Crippen molar-refractivity contribution in [2.24, 2.45) is 5.16 Å². The highest BCUT2D eigenvalue weighted by Gasteiger charge is 2.10. The lowest BCUT2D eigenvalue weighted by Crippen LogP contribution is -2.17. The summed E-state index contributed by atoms with van der Waals surface area (Å²) in [5.41, 5.74) is -0.276. The summed E-state index contributed by atoms with van der Waals surface area (Å²) in [7, 11) is 0. The van der Waals surface area contributed by atoms with Gasteiger partial charge < -0.3 is 14.7 Å². The van der Waals surface area contributed by atoms with Crippen LogP contribution in [0.15, 0.2) is 5.16 Å². The molecule has 0 saturated carbocycles. The molecular formula is C11H23NO3. The van der Waals surface area contributed by atoms with Crippen LogP contribution in [-0.4, -0.2) is 29.8 Å². The van der Waals surface area contributed by atoms with E-state index in [-0.39, 0.29) is 12.2 Å². The number of aliphatic hydroxyl groups is 1. The van der Waals surface area contributed by atoms with Gasteiger partial charge in [-0.15, -0.1) is 0 Å². The molecule has 0 amide bonds. The molecule has 0 aromatic heterocycles. The Balaban J connectivity index is 3.51. The summed E-state index contributed by atoms with van der Waals surface area (Å²) < 4.78 is 5.33. The van der Waals surface area contributed by atoms with Gasteiger partial charge >= 0.3 is 0 Å². The molecule has 4 heteroatoms. The number of ether oxygens (including phenoxy) is 1. The summed E-state index contributed by atoms with van der Waals surface area (Å²) in [4.78, 5) is 5.19. The number of hydrogen-bond donors (Lipinski definition) is 1. The molecule has 0 aliphatic rings. The number of aliphatic hydroxyl groups excluding tert-OH is 1. The first-order valence-corrected chi connectivity index (χ1v) is 5.42. The zero-order valence-electron chi connectivity index (χ0n) is 10.2. The Kier molecular flexibility index (Phi) is 7.13. The van der Waals surface area contributed by atoms with E-state index in [4.69, 9.17) is 14.7 Å². The van der Waals surface area contributed by atoms with Crippen molar-refractivity contribution >= 4 is 5.90 Å². The fraction of sp³-hybridized carbons (Fsp3) is 0.909. The van der Waals surface area contributed by atoms with Crippen molar-refractivity contribution in [2.75, 3.05) is 13.2 Å². The molecule has 0 bridgehead atoms. The molecule has 0 aliphatic heterocycles. The highest BCUT2D eigenvalue weighted by molar-refractivity contribution is 5.72. The Morgan fingerprint density at radius 2 is 1.87 bits per heavy atom. The number of rotatable bonds is 6. The SMILES string of the molecule is CC(=NOC(C)(C)C)OCCCCCO. The number of hydrogen-bond acceptors (Lipinski definition) is 4. The van der Waals surface area contributed by atoms with Crippen molar-refractivity contribution in [3.05, 3.63) is 0 Å². The van der Waals surface area contributed by atoms with Gasteiger partial charge in [0.2, 0.25) is 5.90 Å². The lowest BCUT2D eigenvalue weighted by Gasteiger charge is -2.16. The second-order valence-corrected chi connectivity index (χ2v) is 4.45. The van der Waals surface area contributed by atoms with Gasteiger partial charge in [-0.25, -0.2) is 0 Å². The van der Waals surface area contributed by atoms with Crippen molar-refractivity contribution < 1.29 is 14.7 Å². The Labute approximate surface area is 92.3 Å². The molecule has 0 radical (unpaired) electrons. The normalized spacial score (nSPS) is 12.7. The highest BCUT2D eigenvalue weighted by atomic mass is 16.7. The van der Waals surface area contributed by atoms with Crippen molar-refractivity contribution in [3.63, 3.8) is 0 Å². The van der Waals surface area contributed by atoms with Crippen LogP contribution in [0.1, 0.15) is 47.0 Å².